The quantitative estimate of drug-likeness (QED) is 0.220. The van der Waals surface area contributed by atoms with Gasteiger partial charge in [0.05, 0.1) is 6.61 Å². The molecule has 0 spiro atoms. The van der Waals surface area contributed by atoms with Crippen LogP contribution in [0.4, 0.5) is 0 Å². The van der Waals surface area contributed by atoms with Crippen molar-refractivity contribution in [1.29, 1.82) is 0 Å². The lowest BCUT2D eigenvalue weighted by molar-refractivity contribution is 0.0963. The first-order valence-corrected chi connectivity index (χ1v) is 11.7. The third-order valence-electron chi connectivity index (χ3n) is 5.33. The van der Waals surface area contributed by atoms with E-state index in [-0.39, 0.29) is 5.78 Å². The third kappa shape index (κ3) is 9.73. The minimum Gasteiger partial charge on any atom is -0.493 e. The monoisotopic (exact) mass is 389 g/mol. The van der Waals surface area contributed by atoms with Gasteiger partial charge in [-0.15, -0.1) is 0 Å². The highest BCUT2D eigenvalue weighted by molar-refractivity contribution is 5.96. The molecule has 0 bridgehead atoms. The number of hydrogen-bond acceptors (Lipinski definition) is 3. The number of ketones is 1. The molecule has 0 fully saturated rings. The van der Waals surface area contributed by atoms with Crippen LogP contribution >= 0.6 is 0 Å². The molecule has 0 aromatic heterocycles. The summed E-state index contributed by atoms with van der Waals surface area (Å²) in [6, 6.07) is 6.00. The molecule has 1 rings (SSSR count). The van der Waals surface area contributed by atoms with E-state index >= 15 is 0 Å². The van der Waals surface area contributed by atoms with Gasteiger partial charge in [0.2, 0.25) is 0 Å². The second-order valence-electron chi connectivity index (χ2n) is 7.81. The van der Waals surface area contributed by atoms with Gasteiger partial charge in [0.15, 0.2) is 5.78 Å². The summed E-state index contributed by atoms with van der Waals surface area (Å²) < 4.78 is 5.98. The predicted octanol–water partition coefficient (Wildman–Crippen LogP) is 6.68. The van der Waals surface area contributed by atoms with Crippen molar-refractivity contribution >= 4 is 5.78 Å². The van der Waals surface area contributed by atoms with Gasteiger partial charge in [-0.1, -0.05) is 59.8 Å². The Morgan fingerprint density at radius 2 is 1.54 bits per heavy atom. The van der Waals surface area contributed by atoms with E-state index < -0.39 is 0 Å². The van der Waals surface area contributed by atoms with Crippen LogP contribution in [0, 0.1) is 0 Å². The molecule has 1 aromatic carbocycles. The lowest BCUT2D eigenvalue weighted by atomic mass is 10.0. The van der Waals surface area contributed by atoms with E-state index in [1.165, 1.54) is 44.9 Å². The van der Waals surface area contributed by atoms with E-state index in [9.17, 15) is 4.79 Å². The average molecular weight is 390 g/mol. The molecule has 0 radical (unpaired) electrons. The van der Waals surface area contributed by atoms with Crippen LogP contribution in [0.5, 0.6) is 5.75 Å². The fourth-order valence-electron chi connectivity index (χ4n) is 3.38. The minimum absolute atomic E-state index is 0.252. The van der Waals surface area contributed by atoms with Crippen molar-refractivity contribution in [2.45, 2.75) is 91.9 Å². The number of carbonyl (C=O) groups is 1. The van der Waals surface area contributed by atoms with Gasteiger partial charge in [-0.05, 0) is 62.5 Å². The summed E-state index contributed by atoms with van der Waals surface area (Å²) >= 11 is 0. The zero-order valence-corrected chi connectivity index (χ0v) is 18.9. The molecule has 0 aliphatic heterocycles. The van der Waals surface area contributed by atoms with Crippen molar-refractivity contribution in [2.24, 2.45) is 0 Å². The van der Waals surface area contributed by atoms with Crippen molar-refractivity contribution in [3.63, 3.8) is 0 Å². The van der Waals surface area contributed by atoms with Crippen LogP contribution in [0.15, 0.2) is 18.2 Å². The van der Waals surface area contributed by atoms with Crippen molar-refractivity contribution < 1.29 is 9.53 Å². The number of carbonyl (C=O) groups excluding carboxylic acids is 1. The van der Waals surface area contributed by atoms with Crippen LogP contribution in [0.2, 0.25) is 0 Å². The Morgan fingerprint density at radius 1 is 0.857 bits per heavy atom. The number of ether oxygens (including phenoxy) is 1. The van der Waals surface area contributed by atoms with Gasteiger partial charge in [-0.3, -0.25) is 4.79 Å². The van der Waals surface area contributed by atoms with Gasteiger partial charge < -0.3 is 9.64 Å². The predicted molar refractivity (Wildman–Crippen MR) is 121 cm³/mol. The van der Waals surface area contributed by atoms with E-state index in [1.54, 1.807) is 0 Å². The maximum absolute atomic E-state index is 12.7. The average Bonchev–Trinajstić information content (AvgIpc) is 2.72. The van der Waals surface area contributed by atoms with Gasteiger partial charge in [-0.25, -0.2) is 0 Å². The second kappa shape index (κ2) is 15.6. The highest BCUT2D eigenvalue weighted by Crippen LogP contribution is 2.22. The summed E-state index contributed by atoms with van der Waals surface area (Å²) in [5, 5.41) is 0. The molecule has 3 heteroatoms. The molecule has 160 valence electrons. The van der Waals surface area contributed by atoms with E-state index in [0.717, 1.165) is 56.0 Å². The normalized spacial score (nSPS) is 11.2. The Bertz CT molecular complexity index is 533. The Morgan fingerprint density at radius 3 is 2.14 bits per heavy atom. The molecule has 0 aliphatic rings. The third-order valence-corrected chi connectivity index (χ3v) is 5.33. The zero-order chi connectivity index (χ0) is 20.6. The minimum atomic E-state index is 0.252. The molecular weight excluding hydrogens is 346 g/mol. The lowest BCUT2D eigenvalue weighted by Gasteiger charge is -2.21. The maximum Gasteiger partial charge on any atom is 0.164 e. The number of benzene rings is 1. The molecule has 0 aliphatic carbocycles. The van der Waals surface area contributed by atoms with Crippen molar-refractivity contribution in [3.05, 3.63) is 29.3 Å². The second-order valence-corrected chi connectivity index (χ2v) is 7.81. The Balaban J connectivity index is 2.59. The number of unbranched alkanes of at least 4 members (excludes halogenated alkanes) is 5. The smallest absolute Gasteiger partial charge is 0.164 e. The topological polar surface area (TPSA) is 29.5 Å². The van der Waals surface area contributed by atoms with Gasteiger partial charge in [0, 0.05) is 18.5 Å². The van der Waals surface area contributed by atoms with Crippen LogP contribution in [-0.2, 0) is 6.42 Å². The van der Waals surface area contributed by atoms with E-state index in [1.807, 2.05) is 18.2 Å². The van der Waals surface area contributed by atoms with Crippen molar-refractivity contribution in [2.75, 3.05) is 26.2 Å². The van der Waals surface area contributed by atoms with E-state index in [0.29, 0.717) is 6.42 Å². The van der Waals surface area contributed by atoms with Crippen molar-refractivity contribution in [3.8, 4) is 5.75 Å². The first kappa shape index (κ1) is 24.7. The molecule has 0 unspecified atom stereocenters. The summed E-state index contributed by atoms with van der Waals surface area (Å²) in [5.41, 5.74) is 1.98. The molecule has 0 saturated heterocycles. The molecule has 0 heterocycles. The number of hydrogen-bond donors (Lipinski definition) is 0. The molecule has 0 N–H and O–H groups in total. The van der Waals surface area contributed by atoms with Crippen LogP contribution in [0.1, 0.15) is 101 Å². The maximum atomic E-state index is 12.7. The van der Waals surface area contributed by atoms with Crippen LogP contribution < -0.4 is 4.74 Å². The highest BCUT2D eigenvalue weighted by Gasteiger charge is 2.12. The highest BCUT2D eigenvalue weighted by atomic mass is 16.5. The number of Topliss-reactive ketones (excluding diaryl/α,β-unsaturated/α-hetero) is 1. The lowest BCUT2D eigenvalue weighted by Crippen LogP contribution is -2.28. The molecule has 0 amide bonds. The van der Waals surface area contributed by atoms with E-state index in [2.05, 4.69) is 32.6 Å². The van der Waals surface area contributed by atoms with Crippen molar-refractivity contribution in [1.82, 2.24) is 4.90 Å². The largest absolute Gasteiger partial charge is 0.493 e. The summed E-state index contributed by atoms with van der Waals surface area (Å²) in [6.07, 6.45) is 11.2. The first-order valence-electron chi connectivity index (χ1n) is 11.7. The summed E-state index contributed by atoms with van der Waals surface area (Å²) in [7, 11) is 0. The molecule has 1 aromatic rings. The number of rotatable bonds is 17. The summed E-state index contributed by atoms with van der Waals surface area (Å²) in [5.74, 6) is 1.20. The van der Waals surface area contributed by atoms with E-state index in [4.69, 9.17) is 4.74 Å². The number of nitrogens with zero attached hydrogens (tertiary/aromatic N) is 1. The fraction of sp³-hybridized carbons (Fsp3) is 0.720. The molecule has 0 saturated carbocycles. The van der Waals surface area contributed by atoms with Gasteiger partial charge in [0.25, 0.3) is 0 Å². The van der Waals surface area contributed by atoms with Gasteiger partial charge in [0.1, 0.15) is 5.75 Å². The van der Waals surface area contributed by atoms with Crippen LogP contribution in [-0.4, -0.2) is 36.9 Å². The Labute approximate surface area is 173 Å². The molecule has 3 nitrogen and oxygen atoms in total. The molecule has 0 atom stereocenters. The van der Waals surface area contributed by atoms with Crippen LogP contribution in [0.3, 0.4) is 0 Å². The Kier molecular flexibility index (Phi) is 13.7. The first-order chi connectivity index (χ1) is 13.7. The zero-order valence-electron chi connectivity index (χ0n) is 18.9. The van der Waals surface area contributed by atoms with Gasteiger partial charge in [-0.2, -0.15) is 0 Å². The molecular formula is C25H43NO2. The van der Waals surface area contributed by atoms with Gasteiger partial charge >= 0.3 is 0 Å². The summed E-state index contributed by atoms with van der Waals surface area (Å²) in [6.45, 7) is 12.7. The standard InChI is InChI=1S/C25H43NO2/c1-5-9-12-13-20-28-25-15-14-23(21-22(25)8-4)24(27)16-19-26(17-10-6-2)18-11-7-3/h14-15,21H,5-13,16-20H2,1-4H3. The fourth-order valence-corrected chi connectivity index (χ4v) is 3.38. The summed E-state index contributed by atoms with van der Waals surface area (Å²) in [4.78, 5) is 15.2. The Hall–Kier alpha value is -1.35. The van der Waals surface area contributed by atoms with Crippen LogP contribution in [0.25, 0.3) is 0 Å². The SMILES string of the molecule is CCCCCCOc1ccc(C(=O)CCN(CCCC)CCCC)cc1CC. The molecule has 28 heavy (non-hydrogen) atoms. The number of aryl methyl sites for hydroxylation is 1.